The fraction of sp³-hybridized carbons (Fsp3) is 0.812. The van der Waals surface area contributed by atoms with Gasteiger partial charge in [-0.2, -0.15) is 5.26 Å². The summed E-state index contributed by atoms with van der Waals surface area (Å²) in [5, 5.41) is 9.22. The van der Waals surface area contributed by atoms with E-state index in [4.69, 9.17) is 0 Å². The summed E-state index contributed by atoms with van der Waals surface area (Å²) in [7, 11) is 0. The average Bonchev–Trinajstić information content (AvgIpc) is 2.90. The van der Waals surface area contributed by atoms with E-state index in [1.807, 2.05) is 0 Å². The van der Waals surface area contributed by atoms with Gasteiger partial charge in [0.25, 0.3) is 0 Å². The molecule has 0 aromatic carbocycles. The Kier molecular flexibility index (Phi) is 5.25. The third-order valence-corrected chi connectivity index (χ3v) is 4.19. The fourth-order valence-corrected chi connectivity index (χ4v) is 2.44. The zero-order valence-corrected chi connectivity index (χ0v) is 11.9. The molecule has 0 bridgehead atoms. The molecule has 1 fully saturated rings. The van der Waals surface area contributed by atoms with Gasteiger partial charge in [-0.1, -0.05) is 59.5 Å². The van der Waals surface area contributed by atoms with Gasteiger partial charge in [0.15, 0.2) is 0 Å². The van der Waals surface area contributed by atoms with Gasteiger partial charge in [0.05, 0.1) is 6.07 Å². The summed E-state index contributed by atoms with van der Waals surface area (Å²) in [6.07, 6.45) is 9.54. The van der Waals surface area contributed by atoms with Crippen LogP contribution in [-0.2, 0) is 0 Å². The van der Waals surface area contributed by atoms with Gasteiger partial charge in [0, 0.05) is 5.57 Å². The second kappa shape index (κ2) is 6.24. The molecule has 1 aliphatic carbocycles. The van der Waals surface area contributed by atoms with Crippen LogP contribution >= 0.6 is 0 Å². The van der Waals surface area contributed by atoms with Crippen LogP contribution in [0.2, 0.25) is 0 Å². The third kappa shape index (κ3) is 4.54. The third-order valence-electron chi connectivity index (χ3n) is 4.19. The zero-order chi connectivity index (χ0) is 12.9. The summed E-state index contributed by atoms with van der Waals surface area (Å²) in [6.45, 7) is 9.06. The van der Waals surface area contributed by atoms with Crippen molar-refractivity contribution in [2.75, 3.05) is 0 Å². The maximum Gasteiger partial charge on any atom is 0.0943 e. The molecule has 2 unspecified atom stereocenters. The van der Waals surface area contributed by atoms with Crippen molar-refractivity contribution >= 4 is 0 Å². The van der Waals surface area contributed by atoms with Crippen molar-refractivity contribution in [3.05, 3.63) is 11.6 Å². The molecule has 0 spiro atoms. The van der Waals surface area contributed by atoms with Crippen LogP contribution in [0.4, 0.5) is 0 Å². The molecule has 1 nitrogen and oxygen atoms in total. The van der Waals surface area contributed by atoms with E-state index >= 15 is 0 Å². The van der Waals surface area contributed by atoms with Gasteiger partial charge in [-0.25, -0.2) is 0 Å². The Balaban J connectivity index is 2.48. The van der Waals surface area contributed by atoms with Crippen molar-refractivity contribution in [2.45, 2.75) is 66.2 Å². The van der Waals surface area contributed by atoms with E-state index in [1.165, 1.54) is 32.1 Å². The van der Waals surface area contributed by atoms with Gasteiger partial charge in [-0.3, -0.25) is 0 Å². The number of unbranched alkanes of at least 4 members (excludes halogenated alkanes) is 1. The Labute approximate surface area is 107 Å². The van der Waals surface area contributed by atoms with Crippen molar-refractivity contribution in [2.24, 2.45) is 17.3 Å². The van der Waals surface area contributed by atoms with E-state index in [1.54, 1.807) is 0 Å². The maximum atomic E-state index is 9.22. The number of hydrogen-bond donors (Lipinski definition) is 0. The Morgan fingerprint density at radius 2 is 2.12 bits per heavy atom. The topological polar surface area (TPSA) is 23.8 Å². The SMILES string of the molecule is CCCCC(CC)C/C(C#N)=C/C1CC1(C)C. The minimum Gasteiger partial charge on any atom is -0.193 e. The minimum absolute atomic E-state index is 0.452. The maximum absolute atomic E-state index is 9.22. The normalized spacial score (nSPS) is 24.2. The monoisotopic (exact) mass is 233 g/mol. The molecule has 0 amide bonds. The van der Waals surface area contributed by atoms with Crippen LogP contribution in [0.5, 0.6) is 0 Å². The van der Waals surface area contributed by atoms with Crippen molar-refractivity contribution in [3.63, 3.8) is 0 Å². The molecule has 0 aliphatic heterocycles. The molecule has 0 aromatic heterocycles. The van der Waals surface area contributed by atoms with Crippen LogP contribution in [0.15, 0.2) is 11.6 Å². The highest BCUT2D eigenvalue weighted by Gasteiger charge is 2.43. The standard InChI is InChI=1S/C16H27N/c1-5-7-8-13(6-2)9-14(12-17)10-15-11-16(15,3)4/h10,13,15H,5-9,11H2,1-4H3/b14-10-. The van der Waals surface area contributed by atoms with Crippen LogP contribution in [0.1, 0.15) is 66.2 Å². The van der Waals surface area contributed by atoms with Crippen LogP contribution < -0.4 is 0 Å². The summed E-state index contributed by atoms with van der Waals surface area (Å²) in [5.74, 6) is 1.36. The van der Waals surface area contributed by atoms with Crippen LogP contribution in [0.25, 0.3) is 0 Å². The number of nitrogens with zero attached hydrogens (tertiary/aromatic N) is 1. The van der Waals surface area contributed by atoms with E-state index in [0.29, 0.717) is 17.3 Å². The van der Waals surface area contributed by atoms with E-state index in [9.17, 15) is 5.26 Å². The van der Waals surface area contributed by atoms with Crippen LogP contribution in [0, 0.1) is 28.6 Å². The van der Waals surface area contributed by atoms with Gasteiger partial charge < -0.3 is 0 Å². The molecular formula is C16H27N. The van der Waals surface area contributed by atoms with E-state index in [0.717, 1.165) is 12.0 Å². The number of rotatable bonds is 7. The molecule has 1 heteroatoms. The highest BCUT2D eigenvalue weighted by molar-refractivity contribution is 5.25. The molecule has 0 aromatic rings. The average molecular weight is 233 g/mol. The Morgan fingerprint density at radius 1 is 1.47 bits per heavy atom. The van der Waals surface area contributed by atoms with E-state index < -0.39 is 0 Å². The fourth-order valence-electron chi connectivity index (χ4n) is 2.44. The molecular weight excluding hydrogens is 206 g/mol. The second-order valence-corrected chi connectivity index (χ2v) is 6.22. The molecule has 0 N–H and O–H groups in total. The smallest absolute Gasteiger partial charge is 0.0943 e. The number of nitriles is 1. The van der Waals surface area contributed by atoms with Crippen molar-refractivity contribution < 1.29 is 0 Å². The summed E-state index contributed by atoms with van der Waals surface area (Å²) in [4.78, 5) is 0. The predicted octanol–water partition coefficient (Wildman–Crippen LogP) is 5.09. The molecule has 17 heavy (non-hydrogen) atoms. The Hall–Kier alpha value is -0.770. The summed E-state index contributed by atoms with van der Waals surface area (Å²) >= 11 is 0. The van der Waals surface area contributed by atoms with Crippen molar-refractivity contribution in [1.29, 1.82) is 5.26 Å². The molecule has 0 radical (unpaired) electrons. The van der Waals surface area contributed by atoms with Crippen molar-refractivity contribution in [3.8, 4) is 6.07 Å². The van der Waals surface area contributed by atoms with Gasteiger partial charge in [-0.15, -0.1) is 0 Å². The lowest BCUT2D eigenvalue weighted by atomic mass is 9.91. The zero-order valence-electron chi connectivity index (χ0n) is 11.9. The van der Waals surface area contributed by atoms with E-state index in [-0.39, 0.29) is 0 Å². The molecule has 0 saturated heterocycles. The molecule has 2 atom stereocenters. The largest absolute Gasteiger partial charge is 0.193 e. The summed E-state index contributed by atoms with van der Waals surface area (Å²) in [6, 6.07) is 2.41. The molecule has 1 aliphatic rings. The lowest BCUT2D eigenvalue weighted by Crippen LogP contribution is -2.01. The number of hydrogen-bond acceptors (Lipinski definition) is 1. The second-order valence-electron chi connectivity index (χ2n) is 6.22. The summed E-state index contributed by atoms with van der Waals surface area (Å²) in [5.41, 5.74) is 1.48. The van der Waals surface area contributed by atoms with E-state index in [2.05, 4.69) is 39.8 Å². The van der Waals surface area contributed by atoms with Gasteiger partial charge in [0.1, 0.15) is 0 Å². The highest BCUT2D eigenvalue weighted by atomic mass is 14.5. The minimum atomic E-state index is 0.452. The van der Waals surface area contributed by atoms with Gasteiger partial charge >= 0.3 is 0 Å². The quantitative estimate of drug-likeness (QED) is 0.562. The first-order chi connectivity index (χ1) is 8.03. The first-order valence-electron chi connectivity index (χ1n) is 7.14. The molecule has 1 rings (SSSR count). The van der Waals surface area contributed by atoms with Crippen molar-refractivity contribution in [1.82, 2.24) is 0 Å². The molecule has 1 saturated carbocycles. The molecule has 0 heterocycles. The summed E-state index contributed by atoms with van der Waals surface area (Å²) < 4.78 is 0. The number of allylic oxidation sites excluding steroid dienone is 2. The first kappa shape index (κ1) is 14.3. The lowest BCUT2D eigenvalue weighted by molar-refractivity contribution is 0.450. The van der Waals surface area contributed by atoms with Crippen LogP contribution in [-0.4, -0.2) is 0 Å². The Bertz CT molecular complexity index is 306. The lowest BCUT2D eigenvalue weighted by Gasteiger charge is -2.13. The predicted molar refractivity (Wildman–Crippen MR) is 73.5 cm³/mol. The highest BCUT2D eigenvalue weighted by Crippen LogP contribution is 2.53. The molecule has 96 valence electrons. The van der Waals surface area contributed by atoms with Gasteiger partial charge in [-0.05, 0) is 30.1 Å². The van der Waals surface area contributed by atoms with Crippen LogP contribution in [0.3, 0.4) is 0 Å². The Morgan fingerprint density at radius 3 is 2.53 bits per heavy atom. The first-order valence-corrected chi connectivity index (χ1v) is 7.14. The van der Waals surface area contributed by atoms with Gasteiger partial charge in [0.2, 0.25) is 0 Å².